The molecule has 1 aliphatic rings. The second kappa shape index (κ2) is 6.46. The minimum atomic E-state index is -0.373. The van der Waals surface area contributed by atoms with Crippen LogP contribution in [0.3, 0.4) is 0 Å². The molecule has 3 rings (SSSR count). The number of hydrogen-bond donors (Lipinski definition) is 2. The zero-order valence-electron chi connectivity index (χ0n) is 12.6. The molecule has 0 spiro atoms. The Bertz CT molecular complexity index is 746. The monoisotopic (exact) mass is 316 g/mol. The van der Waals surface area contributed by atoms with Crippen LogP contribution in [0.4, 0.5) is 8.78 Å². The lowest BCUT2D eigenvalue weighted by molar-refractivity contribution is -0.122. The summed E-state index contributed by atoms with van der Waals surface area (Å²) in [5.41, 5.74) is 8.34. The fraction of sp³-hybridized carbons (Fsp3) is 0.278. The minimum absolute atomic E-state index is 0.128. The van der Waals surface area contributed by atoms with Crippen molar-refractivity contribution in [3.05, 3.63) is 70.3 Å². The Labute approximate surface area is 133 Å². The summed E-state index contributed by atoms with van der Waals surface area (Å²) in [7, 11) is 0. The molecule has 0 saturated carbocycles. The van der Waals surface area contributed by atoms with Crippen molar-refractivity contribution in [1.29, 1.82) is 0 Å². The highest BCUT2D eigenvalue weighted by molar-refractivity contribution is 5.84. The number of amides is 1. The van der Waals surface area contributed by atoms with Gasteiger partial charge in [0, 0.05) is 18.7 Å². The van der Waals surface area contributed by atoms with Gasteiger partial charge in [-0.1, -0.05) is 18.2 Å². The van der Waals surface area contributed by atoms with Gasteiger partial charge in [0.25, 0.3) is 0 Å². The maximum absolute atomic E-state index is 13.9. The quantitative estimate of drug-likeness (QED) is 0.911. The summed E-state index contributed by atoms with van der Waals surface area (Å²) in [5, 5.41) is 2.77. The van der Waals surface area contributed by atoms with Crippen molar-refractivity contribution in [3.63, 3.8) is 0 Å². The molecule has 5 heteroatoms. The van der Waals surface area contributed by atoms with Crippen molar-refractivity contribution >= 4 is 5.91 Å². The molecule has 0 aliphatic heterocycles. The van der Waals surface area contributed by atoms with E-state index >= 15 is 0 Å². The number of aryl methyl sites for hydroxylation is 1. The highest BCUT2D eigenvalue weighted by Gasteiger charge is 2.28. The fourth-order valence-electron chi connectivity index (χ4n) is 3.03. The molecule has 23 heavy (non-hydrogen) atoms. The molecular formula is C18H18F2N2O. The van der Waals surface area contributed by atoms with E-state index in [1.165, 1.54) is 18.2 Å². The van der Waals surface area contributed by atoms with E-state index in [0.717, 1.165) is 11.1 Å². The van der Waals surface area contributed by atoms with Crippen LogP contribution in [0.1, 0.15) is 34.6 Å². The van der Waals surface area contributed by atoms with E-state index in [-0.39, 0.29) is 36.5 Å². The van der Waals surface area contributed by atoms with Gasteiger partial charge >= 0.3 is 0 Å². The van der Waals surface area contributed by atoms with Gasteiger partial charge in [-0.15, -0.1) is 0 Å². The van der Waals surface area contributed by atoms with Crippen LogP contribution in [0.2, 0.25) is 0 Å². The van der Waals surface area contributed by atoms with E-state index in [1.807, 2.05) is 0 Å². The van der Waals surface area contributed by atoms with Gasteiger partial charge in [0.05, 0.1) is 5.92 Å². The van der Waals surface area contributed by atoms with Crippen molar-refractivity contribution in [2.24, 2.45) is 5.73 Å². The molecule has 120 valence electrons. The van der Waals surface area contributed by atoms with Gasteiger partial charge < -0.3 is 11.1 Å². The van der Waals surface area contributed by atoms with Crippen LogP contribution in [0.25, 0.3) is 0 Å². The van der Waals surface area contributed by atoms with Crippen molar-refractivity contribution in [1.82, 2.24) is 5.32 Å². The third-order valence-corrected chi connectivity index (χ3v) is 4.31. The number of halogens is 2. The average Bonchev–Trinajstić information content (AvgIpc) is 2.96. The smallest absolute Gasteiger partial charge is 0.227 e. The van der Waals surface area contributed by atoms with E-state index < -0.39 is 0 Å². The van der Waals surface area contributed by atoms with Gasteiger partial charge in [0.1, 0.15) is 11.6 Å². The number of hydrogen-bond acceptors (Lipinski definition) is 2. The number of rotatable bonds is 4. The topological polar surface area (TPSA) is 55.1 Å². The molecule has 0 fully saturated rings. The molecule has 1 amide bonds. The molecule has 0 aromatic heterocycles. The Balaban J connectivity index is 1.67. The Morgan fingerprint density at radius 2 is 2.04 bits per heavy atom. The summed E-state index contributed by atoms with van der Waals surface area (Å²) in [6.45, 7) is 0.404. The molecular weight excluding hydrogens is 298 g/mol. The number of carbonyl (C=O) groups is 1. The molecule has 2 aromatic carbocycles. The van der Waals surface area contributed by atoms with Gasteiger partial charge in [-0.2, -0.15) is 0 Å². The second-order valence-electron chi connectivity index (χ2n) is 5.78. The normalized spacial score (nSPS) is 16.2. The predicted molar refractivity (Wildman–Crippen MR) is 83.6 cm³/mol. The van der Waals surface area contributed by atoms with Crippen LogP contribution < -0.4 is 11.1 Å². The van der Waals surface area contributed by atoms with Crippen LogP contribution in [-0.4, -0.2) is 5.91 Å². The summed E-state index contributed by atoms with van der Waals surface area (Å²) >= 11 is 0. The van der Waals surface area contributed by atoms with Crippen LogP contribution in [-0.2, 0) is 24.3 Å². The van der Waals surface area contributed by atoms with Gasteiger partial charge in [-0.05, 0) is 47.7 Å². The van der Waals surface area contributed by atoms with Crippen LogP contribution in [0.15, 0.2) is 36.4 Å². The minimum Gasteiger partial charge on any atom is -0.351 e. The van der Waals surface area contributed by atoms with Crippen molar-refractivity contribution in [2.45, 2.75) is 31.8 Å². The molecule has 1 unspecified atom stereocenters. The van der Waals surface area contributed by atoms with E-state index in [2.05, 4.69) is 5.32 Å². The molecule has 1 aliphatic carbocycles. The predicted octanol–water partition coefficient (Wildman–Crippen LogP) is 2.77. The highest BCUT2D eigenvalue weighted by atomic mass is 19.1. The maximum Gasteiger partial charge on any atom is 0.227 e. The van der Waals surface area contributed by atoms with Gasteiger partial charge in [-0.3, -0.25) is 4.79 Å². The molecule has 0 radical (unpaired) electrons. The molecule has 3 nitrogen and oxygen atoms in total. The summed E-state index contributed by atoms with van der Waals surface area (Å²) in [4.78, 5) is 12.4. The Hall–Kier alpha value is -2.27. The van der Waals surface area contributed by atoms with Gasteiger partial charge in [0.15, 0.2) is 0 Å². The van der Waals surface area contributed by atoms with Gasteiger partial charge in [0.2, 0.25) is 5.91 Å². The summed E-state index contributed by atoms with van der Waals surface area (Å²) in [6.07, 6.45) is 1.34. The zero-order valence-corrected chi connectivity index (χ0v) is 12.6. The SMILES string of the molecule is NCc1ccc(CNC(=O)C2CCc3cc(F)ccc32)c(F)c1. The molecule has 3 N–H and O–H groups in total. The lowest BCUT2D eigenvalue weighted by atomic mass is 10.0. The molecule has 0 heterocycles. The summed E-state index contributed by atoms with van der Waals surface area (Å²) in [6, 6.07) is 9.28. The summed E-state index contributed by atoms with van der Waals surface area (Å²) in [5.74, 6) is -1.11. The molecule has 1 atom stereocenters. The van der Waals surface area contributed by atoms with E-state index in [0.29, 0.717) is 24.0 Å². The van der Waals surface area contributed by atoms with E-state index in [9.17, 15) is 13.6 Å². The Kier molecular flexibility index (Phi) is 4.39. The van der Waals surface area contributed by atoms with Crippen molar-refractivity contribution in [3.8, 4) is 0 Å². The number of fused-ring (bicyclic) bond motifs is 1. The molecule has 2 aromatic rings. The van der Waals surface area contributed by atoms with Crippen molar-refractivity contribution < 1.29 is 13.6 Å². The third-order valence-electron chi connectivity index (χ3n) is 4.31. The highest BCUT2D eigenvalue weighted by Crippen LogP contribution is 2.33. The van der Waals surface area contributed by atoms with E-state index in [1.54, 1.807) is 18.2 Å². The Morgan fingerprint density at radius 1 is 1.22 bits per heavy atom. The van der Waals surface area contributed by atoms with Crippen LogP contribution >= 0.6 is 0 Å². The van der Waals surface area contributed by atoms with Crippen LogP contribution in [0.5, 0.6) is 0 Å². The Morgan fingerprint density at radius 3 is 2.78 bits per heavy atom. The van der Waals surface area contributed by atoms with Crippen LogP contribution in [0, 0.1) is 11.6 Å². The van der Waals surface area contributed by atoms with Gasteiger partial charge in [-0.25, -0.2) is 8.78 Å². The first-order valence-electron chi connectivity index (χ1n) is 7.62. The molecule has 0 saturated heterocycles. The number of benzene rings is 2. The fourth-order valence-corrected chi connectivity index (χ4v) is 3.03. The summed E-state index contributed by atoms with van der Waals surface area (Å²) < 4.78 is 27.1. The second-order valence-corrected chi connectivity index (χ2v) is 5.78. The maximum atomic E-state index is 13.9. The molecule has 0 bridgehead atoms. The lowest BCUT2D eigenvalue weighted by Crippen LogP contribution is -2.28. The largest absolute Gasteiger partial charge is 0.351 e. The van der Waals surface area contributed by atoms with E-state index in [4.69, 9.17) is 5.73 Å². The zero-order chi connectivity index (χ0) is 16.4. The first kappa shape index (κ1) is 15.6. The number of nitrogens with one attached hydrogen (secondary N) is 1. The van der Waals surface area contributed by atoms with Crippen molar-refractivity contribution in [2.75, 3.05) is 0 Å². The first-order chi connectivity index (χ1) is 11.1. The number of nitrogens with two attached hydrogens (primary N) is 1. The third kappa shape index (κ3) is 3.24. The lowest BCUT2D eigenvalue weighted by Gasteiger charge is -2.13. The standard InChI is InChI=1S/C18H18F2N2O/c19-14-4-6-15-12(8-14)3-5-16(15)18(23)22-10-13-2-1-11(9-21)7-17(13)20/h1-2,4,6-8,16H,3,5,9-10,21H2,(H,22,23). The number of carbonyl (C=O) groups excluding carboxylic acids is 1. The average molecular weight is 316 g/mol. The first-order valence-corrected chi connectivity index (χ1v) is 7.62.